The first kappa shape index (κ1) is 37.2. The predicted molar refractivity (Wildman–Crippen MR) is 159 cm³/mol. The summed E-state index contributed by atoms with van der Waals surface area (Å²) < 4.78 is 31.7. The van der Waals surface area contributed by atoms with Crippen molar-refractivity contribution < 1.29 is 52.2 Å². The van der Waals surface area contributed by atoms with Gasteiger partial charge in [-0.2, -0.15) is 13.2 Å². The van der Waals surface area contributed by atoms with Gasteiger partial charge in [-0.25, -0.2) is 4.79 Å². The molecule has 1 aliphatic rings. The first-order valence-corrected chi connectivity index (χ1v) is 13.5. The average Bonchev–Trinajstić information content (AvgIpc) is 3.00. The molecule has 0 radical (unpaired) electrons. The number of alkyl halides is 3. The fourth-order valence-corrected chi connectivity index (χ4v) is 4.12. The molecule has 0 aromatic heterocycles. The van der Waals surface area contributed by atoms with Crippen molar-refractivity contribution >= 4 is 52.9 Å². The summed E-state index contributed by atoms with van der Waals surface area (Å²) in [7, 11) is 0. The molecule has 3 rings (SSSR count). The molecule has 252 valence electrons. The minimum atomic E-state index is -5.08. The van der Waals surface area contributed by atoms with Crippen LogP contribution in [0, 0.1) is 10.8 Å². The number of aliphatic carboxylic acids is 2. The standard InChI is InChI=1S/C26H30N8O6.C2HF3O2/c27-23(28)15-1-3-17(4-2-15)25(39)31-13-21(36)34-12-11-33(14-22(37)38)26(40)19(34)9-10-20(35)32-18-7-5-16(6-8-18)24(29)30;3-2(4,5)1(6)7/h1-8,19H,9-14H2,(H3,27,28)(H3,29,30)(H,31,39)(H,32,35)(H,37,38);(H,6,7)/t19-;/m0./s1. The Balaban J connectivity index is 0.000000984. The number of carboxylic acids is 2. The molecule has 2 aromatic rings. The number of nitrogens with two attached hydrogens (primary N) is 2. The summed E-state index contributed by atoms with van der Waals surface area (Å²) in [5.41, 5.74) is 12.4. The first-order valence-electron chi connectivity index (χ1n) is 13.5. The van der Waals surface area contributed by atoms with Gasteiger partial charge in [-0.15, -0.1) is 0 Å². The Labute approximate surface area is 264 Å². The third-order valence-corrected chi connectivity index (χ3v) is 6.46. The van der Waals surface area contributed by atoms with Crippen molar-refractivity contribution in [3.05, 3.63) is 65.2 Å². The maximum absolute atomic E-state index is 13.1. The van der Waals surface area contributed by atoms with Gasteiger partial charge in [-0.3, -0.25) is 34.8 Å². The van der Waals surface area contributed by atoms with Crippen molar-refractivity contribution in [1.82, 2.24) is 15.1 Å². The van der Waals surface area contributed by atoms with E-state index < -0.39 is 60.9 Å². The van der Waals surface area contributed by atoms with E-state index in [1.54, 1.807) is 24.3 Å². The van der Waals surface area contributed by atoms with E-state index in [1.165, 1.54) is 29.2 Å². The van der Waals surface area contributed by atoms with Gasteiger partial charge in [-0.1, -0.05) is 12.1 Å². The van der Waals surface area contributed by atoms with E-state index in [0.717, 1.165) is 4.90 Å². The third-order valence-electron chi connectivity index (χ3n) is 6.46. The number of amidine groups is 2. The van der Waals surface area contributed by atoms with Crippen molar-refractivity contribution in [3.63, 3.8) is 0 Å². The summed E-state index contributed by atoms with van der Waals surface area (Å²) in [6.45, 7) is -0.952. The van der Waals surface area contributed by atoms with Crippen molar-refractivity contribution in [2.24, 2.45) is 11.5 Å². The normalized spacial score (nSPS) is 14.3. The number of nitrogen functional groups attached to an aromatic ring is 2. The number of carbonyl (C=O) groups is 6. The molecule has 0 spiro atoms. The van der Waals surface area contributed by atoms with Crippen LogP contribution in [0.5, 0.6) is 0 Å². The number of rotatable bonds is 11. The number of hydrogen-bond acceptors (Lipinski definition) is 8. The number of carbonyl (C=O) groups excluding carboxylic acids is 4. The first-order chi connectivity index (χ1) is 21.9. The molecule has 0 aliphatic carbocycles. The Kier molecular flexibility index (Phi) is 12.9. The van der Waals surface area contributed by atoms with Crippen LogP contribution in [-0.4, -0.2) is 106 Å². The lowest BCUT2D eigenvalue weighted by molar-refractivity contribution is -0.192. The quantitative estimate of drug-likeness (QED) is 0.119. The van der Waals surface area contributed by atoms with Gasteiger partial charge in [0.25, 0.3) is 5.91 Å². The molecule has 1 saturated heterocycles. The Morgan fingerprint density at radius 3 is 1.83 bits per heavy atom. The summed E-state index contributed by atoms with van der Waals surface area (Å²) >= 11 is 0. The zero-order valence-corrected chi connectivity index (χ0v) is 24.5. The summed E-state index contributed by atoms with van der Waals surface area (Å²) in [6, 6.07) is 11.1. The van der Waals surface area contributed by atoms with E-state index in [-0.39, 0.29) is 43.2 Å². The maximum atomic E-state index is 13.1. The molecule has 16 nitrogen and oxygen atoms in total. The van der Waals surface area contributed by atoms with E-state index >= 15 is 0 Å². The Morgan fingerprint density at radius 2 is 1.36 bits per heavy atom. The van der Waals surface area contributed by atoms with Crippen LogP contribution in [0.4, 0.5) is 18.9 Å². The molecule has 4 amide bonds. The Bertz CT molecular complexity index is 1530. The van der Waals surface area contributed by atoms with Crippen LogP contribution in [0.25, 0.3) is 0 Å². The number of carboxylic acid groups (broad SMARTS) is 2. The lowest BCUT2D eigenvalue weighted by atomic mass is 10.0. The van der Waals surface area contributed by atoms with Crippen LogP contribution in [0.1, 0.15) is 34.3 Å². The summed E-state index contributed by atoms with van der Waals surface area (Å²) in [5, 5.41) is 36.3. The molecule has 0 unspecified atom stereocenters. The van der Waals surface area contributed by atoms with E-state index in [0.29, 0.717) is 16.8 Å². The van der Waals surface area contributed by atoms with Crippen LogP contribution in [0.15, 0.2) is 48.5 Å². The highest BCUT2D eigenvalue weighted by Gasteiger charge is 2.39. The number of anilines is 1. The second kappa shape index (κ2) is 16.3. The minimum absolute atomic E-state index is 0.0114. The molecule has 10 N–H and O–H groups in total. The minimum Gasteiger partial charge on any atom is -0.480 e. The van der Waals surface area contributed by atoms with Gasteiger partial charge in [0.15, 0.2) is 0 Å². The van der Waals surface area contributed by atoms with Crippen molar-refractivity contribution in [2.45, 2.75) is 25.1 Å². The van der Waals surface area contributed by atoms with E-state index in [2.05, 4.69) is 10.6 Å². The zero-order valence-electron chi connectivity index (χ0n) is 24.5. The van der Waals surface area contributed by atoms with E-state index in [9.17, 15) is 37.1 Å². The molecule has 1 atom stereocenters. The molecule has 0 saturated carbocycles. The fourth-order valence-electron chi connectivity index (χ4n) is 4.12. The summed E-state index contributed by atoms with van der Waals surface area (Å²) in [5.74, 6) is -6.39. The van der Waals surface area contributed by atoms with Crippen molar-refractivity contribution in [1.29, 1.82) is 10.8 Å². The molecule has 19 heteroatoms. The molecule has 2 aromatic carbocycles. The van der Waals surface area contributed by atoms with Crippen LogP contribution in [-0.2, 0) is 24.0 Å². The smallest absolute Gasteiger partial charge is 0.480 e. The van der Waals surface area contributed by atoms with Gasteiger partial charge in [0, 0.05) is 41.9 Å². The van der Waals surface area contributed by atoms with Crippen LogP contribution < -0.4 is 22.1 Å². The summed E-state index contributed by atoms with van der Waals surface area (Å²) in [4.78, 5) is 73.7. The monoisotopic (exact) mass is 664 g/mol. The number of nitrogens with zero attached hydrogens (tertiary/aromatic N) is 2. The van der Waals surface area contributed by atoms with Gasteiger partial charge in [0.05, 0.1) is 6.54 Å². The van der Waals surface area contributed by atoms with Crippen LogP contribution >= 0.6 is 0 Å². The topological polar surface area (TPSA) is 273 Å². The highest BCUT2D eigenvalue weighted by atomic mass is 19.4. The Hall–Kier alpha value is -6.01. The number of benzene rings is 2. The van der Waals surface area contributed by atoms with E-state index in [4.69, 9.17) is 37.3 Å². The highest BCUT2D eigenvalue weighted by molar-refractivity contribution is 6.00. The molecule has 1 heterocycles. The SMILES string of the molecule is N=C(N)c1ccc(NC(=O)CC[C@H]2C(=O)N(CC(=O)O)CCN2C(=O)CNC(=O)c2ccc(C(=N)N)cc2)cc1.O=C(O)C(F)(F)F. The van der Waals surface area contributed by atoms with Crippen LogP contribution in [0.2, 0.25) is 0 Å². The number of halogens is 3. The fraction of sp³-hybridized carbons (Fsp3) is 0.286. The second-order valence-corrected chi connectivity index (χ2v) is 9.81. The largest absolute Gasteiger partial charge is 0.490 e. The number of nitrogens with one attached hydrogen (secondary N) is 4. The van der Waals surface area contributed by atoms with Gasteiger partial charge >= 0.3 is 18.1 Å². The van der Waals surface area contributed by atoms with Crippen molar-refractivity contribution in [2.75, 3.05) is 31.5 Å². The molecule has 47 heavy (non-hydrogen) atoms. The molecule has 1 aliphatic heterocycles. The van der Waals surface area contributed by atoms with E-state index in [1.807, 2.05) is 0 Å². The van der Waals surface area contributed by atoms with Gasteiger partial charge in [0.1, 0.15) is 24.3 Å². The number of piperazine rings is 1. The molecule has 1 fully saturated rings. The van der Waals surface area contributed by atoms with Crippen LogP contribution in [0.3, 0.4) is 0 Å². The van der Waals surface area contributed by atoms with Gasteiger partial charge in [-0.05, 0) is 42.8 Å². The number of hydrogen-bond donors (Lipinski definition) is 8. The maximum Gasteiger partial charge on any atom is 0.490 e. The van der Waals surface area contributed by atoms with Gasteiger partial charge < -0.3 is 42.1 Å². The highest BCUT2D eigenvalue weighted by Crippen LogP contribution is 2.18. The second-order valence-electron chi connectivity index (χ2n) is 9.81. The third kappa shape index (κ3) is 11.5. The van der Waals surface area contributed by atoms with Gasteiger partial charge in [0.2, 0.25) is 17.7 Å². The summed E-state index contributed by atoms with van der Waals surface area (Å²) in [6.07, 6.45) is -5.30. The average molecular weight is 665 g/mol. The predicted octanol–water partition coefficient (Wildman–Crippen LogP) is 0.161. The lowest BCUT2D eigenvalue weighted by Crippen LogP contribution is -2.60. The molecular weight excluding hydrogens is 633 g/mol. The number of amides is 4. The zero-order chi connectivity index (χ0) is 35.5. The van der Waals surface area contributed by atoms with Crippen molar-refractivity contribution in [3.8, 4) is 0 Å². The molecule has 0 bridgehead atoms. The molecular formula is C28H31F3N8O8. The lowest BCUT2D eigenvalue weighted by Gasteiger charge is -2.40. The Morgan fingerprint density at radius 1 is 0.872 bits per heavy atom.